The number of carbonyl (C=O) groups excluding carboxylic acids is 1. The number of halogens is 6. The second-order valence-electron chi connectivity index (χ2n) is 23.0. The van der Waals surface area contributed by atoms with Gasteiger partial charge in [0.2, 0.25) is 0 Å². The molecule has 84 heavy (non-hydrogen) atoms. The van der Waals surface area contributed by atoms with E-state index in [1.807, 2.05) is 111 Å². The van der Waals surface area contributed by atoms with Crippen LogP contribution in [0.3, 0.4) is 0 Å². The number of alkyl halides is 6. The van der Waals surface area contributed by atoms with Crippen molar-refractivity contribution in [2.24, 2.45) is 5.92 Å². The number of unbranched alkanes of at least 4 members (excludes halogenated alkanes) is 2. The first kappa shape index (κ1) is 59.3. The normalized spacial score (nSPS) is 17.8. The van der Waals surface area contributed by atoms with Crippen molar-refractivity contribution >= 4 is 34.5 Å². The van der Waals surface area contributed by atoms with Gasteiger partial charge in [0.15, 0.2) is 5.60 Å². The highest BCUT2D eigenvalue weighted by Gasteiger charge is 2.50. The zero-order valence-corrected chi connectivity index (χ0v) is 48.5. The van der Waals surface area contributed by atoms with Crippen molar-refractivity contribution in [1.82, 2.24) is 0 Å². The number of aldehydes is 1. The van der Waals surface area contributed by atoms with E-state index in [-0.39, 0.29) is 22.8 Å². The lowest BCUT2D eigenvalue weighted by atomic mass is 9.75. The van der Waals surface area contributed by atoms with Crippen LogP contribution in [0, 0.1) is 12.8 Å². The van der Waals surface area contributed by atoms with Crippen molar-refractivity contribution in [2.45, 2.75) is 115 Å². The standard InChI is InChI=1S/C48H42F6N2O3.C24H30O/c1-6-58-21-20-56-32-15-12-29(13-16-32)46(28-10-8-7-9-11-28)19-18-34-43-41(38-23-30(47(49,50)51)24-39(48(52,53)54)42(38)45(43,3)4)36-25-35(33-17-14-31(55)22-27(33)2)40(57-5)26-37(36)44(34)59-46;1-2-3-4-5-19-6-10-21(11-7-19)23-14-16-24(17-15-23)22-12-8-20(18-25)9-13-22/h7-19,22-26,56H,6,20-21,55H2,1-5H3;8-9,12-19,21H,2-7,10-11H2,1H3. The first-order valence-electron chi connectivity index (χ1n) is 29.2. The Morgan fingerprint density at radius 2 is 1.39 bits per heavy atom. The second-order valence-corrected chi connectivity index (χ2v) is 23.0. The van der Waals surface area contributed by atoms with E-state index >= 15 is 13.2 Å². The minimum atomic E-state index is -5.09. The van der Waals surface area contributed by atoms with Gasteiger partial charge < -0.3 is 25.3 Å². The minimum absolute atomic E-state index is 0.134. The molecule has 1 unspecified atom stereocenters. The van der Waals surface area contributed by atoms with E-state index in [0.717, 1.165) is 57.7 Å². The van der Waals surface area contributed by atoms with Crippen molar-refractivity contribution in [2.75, 3.05) is 37.9 Å². The number of nitrogens with one attached hydrogen (secondary N) is 1. The zero-order valence-electron chi connectivity index (χ0n) is 48.5. The van der Waals surface area contributed by atoms with Crippen LogP contribution in [0.5, 0.6) is 11.5 Å². The Hall–Kier alpha value is -7.83. The number of fused-ring (bicyclic) bond motifs is 8. The van der Waals surface area contributed by atoms with Crippen molar-refractivity contribution < 1.29 is 45.3 Å². The number of nitrogen functional groups attached to an aromatic ring is 1. The Labute approximate surface area is 489 Å². The molecular formula is C72H72F6N2O4. The Kier molecular flexibility index (Phi) is 17.2. The summed E-state index contributed by atoms with van der Waals surface area (Å²) >= 11 is 0. The Bertz CT molecular complexity index is 3680. The van der Waals surface area contributed by atoms with Crippen LogP contribution in [-0.4, -0.2) is 33.2 Å². The molecule has 11 rings (SSSR count). The molecular weight excluding hydrogens is 1070 g/mol. The second kappa shape index (κ2) is 24.4. The average Bonchev–Trinajstić information content (AvgIpc) is 1.49. The van der Waals surface area contributed by atoms with Gasteiger partial charge in [-0.1, -0.05) is 150 Å². The van der Waals surface area contributed by atoms with Crippen LogP contribution in [0.1, 0.15) is 145 Å². The number of ether oxygens (including phenoxy) is 3. The number of methoxy groups -OCH3 is 1. The Balaban J connectivity index is 0.000000262. The van der Waals surface area contributed by atoms with Crippen LogP contribution in [0.2, 0.25) is 0 Å². The molecule has 1 fully saturated rings. The molecule has 6 nitrogen and oxygen atoms in total. The maximum absolute atomic E-state index is 15.1. The van der Waals surface area contributed by atoms with Gasteiger partial charge in [-0.2, -0.15) is 26.3 Å². The summed E-state index contributed by atoms with van der Waals surface area (Å²) in [6.45, 7) is 11.1. The van der Waals surface area contributed by atoms with Gasteiger partial charge in [0.25, 0.3) is 0 Å². The third-order valence-electron chi connectivity index (χ3n) is 17.3. The molecule has 0 bridgehead atoms. The van der Waals surface area contributed by atoms with Crippen LogP contribution in [-0.2, 0) is 28.1 Å². The van der Waals surface area contributed by atoms with Gasteiger partial charge in [-0.3, -0.25) is 4.79 Å². The Morgan fingerprint density at radius 1 is 0.714 bits per heavy atom. The van der Waals surface area contributed by atoms with Crippen molar-refractivity contribution in [1.29, 1.82) is 0 Å². The maximum atomic E-state index is 15.1. The molecule has 8 aromatic rings. The molecule has 0 spiro atoms. The third-order valence-corrected chi connectivity index (χ3v) is 17.3. The number of rotatable bonds is 16. The highest BCUT2D eigenvalue weighted by atomic mass is 19.4. The van der Waals surface area contributed by atoms with E-state index < -0.39 is 34.5 Å². The SMILES string of the molecule is CCCCCC1CCC(c2ccc(-c3ccc(C=O)cc3)cc2)CC1.CCOCCNc1ccc(C2(c3ccccc3)C=Cc3c4c(c5cc(-c6ccc(N)cc6C)c(OC)cc5c3O2)-c2cc(C(F)(F)F)cc(C(F)(F)F)c2C4(C)C)cc1. The summed E-state index contributed by atoms with van der Waals surface area (Å²) < 4.78 is 108. The van der Waals surface area contributed by atoms with Gasteiger partial charge in [-0.05, 0) is 161 Å². The fourth-order valence-corrected chi connectivity index (χ4v) is 13.1. The molecule has 1 heterocycles. The molecule has 436 valence electrons. The van der Waals surface area contributed by atoms with E-state index in [1.54, 1.807) is 38.1 Å². The van der Waals surface area contributed by atoms with Gasteiger partial charge in [0, 0.05) is 63.1 Å². The first-order valence-corrected chi connectivity index (χ1v) is 29.2. The first-order chi connectivity index (χ1) is 40.3. The van der Waals surface area contributed by atoms with Crippen LogP contribution in [0.25, 0.3) is 50.2 Å². The van der Waals surface area contributed by atoms with Gasteiger partial charge in [0.1, 0.15) is 17.8 Å². The van der Waals surface area contributed by atoms with Crippen LogP contribution >= 0.6 is 0 Å². The third kappa shape index (κ3) is 11.8. The van der Waals surface area contributed by atoms with Gasteiger partial charge >= 0.3 is 12.4 Å². The number of hydrogen-bond donors (Lipinski definition) is 2. The van der Waals surface area contributed by atoms with E-state index in [1.165, 1.54) is 75.2 Å². The summed E-state index contributed by atoms with van der Waals surface area (Å²) in [6.07, 6.45) is 5.58. The number of hydrogen-bond acceptors (Lipinski definition) is 6. The van der Waals surface area contributed by atoms with Crippen molar-refractivity contribution in [3.05, 3.63) is 207 Å². The highest BCUT2D eigenvalue weighted by Crippen LogP contribution is 2.62. The van der Waals surface area contributed by atoms with E-state index in [2.05, 4.69) is 36.5 Å². The molecule has 2 aliphatic carbocycles. The van der Waals surface area contributed by atoms with E-state index in [4.69, 9.17) is 19.9 Å². The number of anilines is 2. The summed E-state index contributed by atoms with van der Waals surface area (Å²) in [7, 11) is 1.51. The lowest BCUT2D eigenvalue weighted by Gasteiger charge is -2.38. The monoisotopic (exact) mass is 1140 g/mol. The average molecular weight is 1140 g/mol. The predicted molar refractivity (Wildman–Crippen MR) is 327 cm³/mol. The largest absolute Gasteiger partial charge is 0.496 e. The maximum Gasteiger partial charge on any atom is 0.416 e. The number of benzene rings is 8. The van der Waals surface area contributed by atoms with Gasteiger partial charge in [-0.25, -0.2) is 0 Å². The fraction of sp³-hybridized carbons (Fsp3) is 0.319. The molecule has 0 amide bonds. The molecule has 0 radical (unpaired) electrons. The van der Waals surface area contributed by atoms with E-state index in [0.29, 0.717) is 64.4 Å². The number of aryl methyl sites for hydroxylation is 1. The molecule has 3 aliphatic rings. The lowest BCUT2D eigenvalue weighted by molar-refractivity contribution is -0.143. The van der Waals surface area contributed by atoms with Crippen LogP contribution < -0.4 is 20.5 Å². The molecule has 1 atom stereocenters. The van der Waals surface area contributed by atoms with Crippen LogP contribution in [0.15, 0.2) is 152 Å². The van der Waals surface area contributed by atoms with Crippen molar-refractivity contribution in [3.8, 4) is 44.9 Å². The van der Waals surface area contributed by atoms with Gasteiger partial charge in [-0.15, -0.1) is 0 Å². The van der Waals surface area contributed by atoms with Crippen molar-refractivity contribution in [3.63, 3.8) is 0 Å². The quantitative estimate of drug-likeness (QED) is 0.0434. The smallest absolute Gasteiger partial charge is 0.416 e. The highest BCUT2D eigenvalue weighted by molar-refractivity contribution is 6.11. The van der Waals surface area contributed by atoms with E-state index in [9.17, 15) is 18.0 Å². The molecule has 12 heteroatoms. The molecule has 8 aromatic carbocycles. The zero-order chi connectivity index (χ0) is 59.6. The molecule has 1 saturated carbocycles. The molecule has 0 aromatic heterocycles. The Morgan fingerprint density at radius 3 is 2.01 bits per heavy atom. The molecule has 1 aliphatic heterocycles. The van der Waals surface area contributed by atoms with Crippen LogP contribution in [0.4, 0.5) is 37.7 Å². The summed E-state index contributed by atoms with van der Waals surface area (Å²) in [6, 6.07) is 44.3. The topological polar surface area (TPSA) is 82.8 Å². The minimum Gasteiger partial charge on any atom is -0.496 e. The fourth-order valence-electron chi connectivity index (χ4n) is 13.1. The number of nitrogens with two attached hydrogens (primary N) is 1. The summed E-state index contributed by atoms with van der Waals surface area (Å²) in [5.74, 6) is 2.50. The lowest BCUT2D eigenvalue weighted by Crippen LogP contribution is -2.35. The summed E-state index contributed by atoms with van der Waals surface area (Å²) in [5.41, 5.74) is 11.3. The predicted octanol–water partition coefficient (Wildman–Crippen LogP) is 19.6. The summed E-state index contributed by atoms with van der Waals surface area (Å²) in [4.78, 5) is 10.8. The molecule has 0 saturated heterocycles. The number of carbonyl (C=O) groups is 1. The van der Waals surface area contributed by atoms with Gasteiger partial charge in [0.05, 0.1) is 24.8 Å². The summed E-state index contributed by atoms with van der Waals surface area (Å²) in [5, 5.41) is 4.23. The molecule has 3 N–H and O–H groups in total.